The van der Waals surface area contributed by atoms with E-state index < -0.39 is 0 Å². The molecule has 1 aliphatic carbocycles. The van der Waals surface area contributed by atoms with E-state index >= 15 is 0 Å². The zero-order valence-electron chi connectivity index (χ0n) is 11.8. The number of nitrogens with one attached hydrogen (secondary N) is 1. The Labute approximate surface area is 115 Å². The minimum absolute atomic E-state index is 0.133. The maximum Gasteiger partial charge on any atom is 0.146 e. The normalized spacial score (nSPS) is 27.8. The van der Waals surface area contributed by atoms with Gasteiger partial charge in [0, 0.05) is 12.1 Å². The maximum atomic E-state index is 13.8. The topological polar surface area (TPSA) is 38.0 Å². The number of rotatable bonds is 4. The predicted octanol–water partition coefficient (Wildman–Crippen LogP) is 3.93. The van der Waals surface area contributed by atoms with E-state index in [2.05, 4.69) is 12.2 Å². The smallest absolute Gasteiger partial charge is 0.146 e. The highest BCUT2D eigenvalue weighted by Gasteiger charge is 2.32. The van der Waals surface area contributed by atoms with Gasteiger partial charge in [-0.05, 0) is 37.3 Å². The largest absolute Gasteiger partial charge is 0.376 e. The highest BCUT2D eigenvalue weighted by molar-refractivity contribution is 5.47. The van der Waals surface area contributed by atoms with Crippen LogP contribution in [0.3, 0.4) is 0 Å². The molecule has 1 aromatic carbocycles. The third-order valence-electron chi connectivity index (χ3n) is 4.54. The van der Waals surface area contributed by atoms with Crippen LogP contribution in [0, 0.1) is 11.7 Å². The van der Waals surface area contributed by atoms with Crippen LogP contribution in [-0.2, 0) is 0 Å². The minimum atomic E-state index is -0.188. The van der Waals surface area contributed by atoms with E-state index in [0.717, 1.165) is 18.8 Å². The molecule has 0 aliphatic heterocycles. The number of halogens is 1. The van der Waals surface area contributed by atoms with Gasteiger partial charge in [0.25, 0.3) is 0 Å². The SMILES string of the molecule is CCC1CCCC(CN)(Nc2ccccc2F)CC1. The second kappa shape index (κ2) is 6.38. The summed E-state index contributed by atoms with van der Waals surface area (Å²) in [4.78, 5) is 0. The van der Waals surface area contributed by atoms with Crippen LogP contribution >= 0.6 is 0 Å². The number of hydrogen-bond acceptors (Lipinski definition) is 2. The highest BCUT2D eigenvalue weighted by atomic mass is 19.1. The summed E-state index contributed by atoms with van der Waals surface area (Å²) in [6, 6.07) is 6.88. The number of hydrogen-bond donors (Lipinski definition) is 2. The summed E-state index contributed by atoms with van der Waals surface area (Å²) >= 11 is 0. The Morgan fingerprint density at radius 1 is 1.32 bits per heavy atom. The van der Waals surface area contributed by atoms with Crippen molar-refractivity contribution >= 4 is 5.69 Å². The van der Waals surface area contributed by atoms with Crippen LogP contribution in [0.2, 0.25) is 0 Å². The molecule has 0 bridgehead atoms. The lowest BCUT2D eigenvalue weighted by Crippen LogP contribution is -2.45. The van der Waals surface area contributed by atoms with Crippen molar-refractivity contribution in [1.29, 1.82) is 0 Å². The first-order chi connectivity index (χ1) is 9.19. The second-order valence-electron chi connectivity index (χ2n) is 5.79. The van der Waals surface area contributed by atoms with Gasteiger partial charge in [-0.1, -0.05) is 38.3 Å². The molecule has 0 saturated heterocycles. The molecule has 19 heavy (non-hydrogen) atoms. The van der Waals surface area contributed by atoms with E-state index in [1.807, 2.05) is 6.07 Å². The van der Waals surface area contributed by atoms with Crippen molar-refractivity contribution in [2.75, 3.05) is 11.9 Å². The molecule has 2 unspecified atom stereocenters. The first kappa shape index (κ1) is 14.3. The number of para-hydroxylation sites is 1. The van der Waals surface area contributed by atoms with E-state index in [9.17, 15) is 4.39 Å². The van der Waals surface area contributed by atoms with Gasteiger partial charge in [-0.25, -0.2) is 4.39 Å². The van der Waals surface area contributed by atoms with Crippen LogP contribution in [0.25, 0.3) is 0 Å². The third-order valence-corrected chi connectivity index (χ3v) is 4.54. The summed E-state index contributed by atoms with van der Waals surface area (Å²) in [6.45, 7) is 2.82. The molecule has 0 amide bonds. The van der Waals surface area contributed by atoms with Gasteiger partial charge in [-0.15, -0.1) is 0 Å². The molecule has 0 radical (unpaired) electrons. The summed E-state index contributed by atoms with van der Waals surface area (Å²) in [7, 11) is 0. The number of anilines is 1. The monoisotopic (exact) mass is 264 g/mol. The Morgan fingerprint density at radius 2 is 2.11 bits per heavy atom. The van der Waals surface area contributed by atoms with Crippen LogP contribution in [0.15, 0.2) is 24.3 Å². The summed E-state index contributed by atoms with van der Waals surface area (Å²) in [5, 5.41) is 3.40. The van der Waals surface area contributed by atoms with Crippen LogP contribution in [0.4, 0.5) is 10.1 Å². The number of benzene rings is 1. The van der Waals surface area contributed by atoms with E-state index in [-0.39, 0.29) is 11.4 Å². The molecule has 2 rings (SSSR count). The van der Waals surface area contributed by atoms with E-state index in [1.165, 1.54) is 31.7 Å². The summed E-state index contributed by atoms with van der Waals surface area (Å²) < 4.78 is 13.8. The molecule has 106 valence electrons. The van der Waals surface area contributed by atoms with Gasteiger partial charge in [0.05, 0.1) is 5.69 Å². The molecule has 1 fully saturated rings. The zero-order valence-corrected chi connectivity index (χ0v) is 11.8. The lowest BCUT2D eigenvalue weighted by molar-refractivity contribution is 0.396. The fraction of sp³-hybridized carbons (Fsp3) is 0.625. The first-order valence-electron chi connectivity index (χ1n) is 7.42. The fourth-order valence-electron chi connectivity index (χ4n) is 3.12. The molecule has 1 aliphatic rings. The molecule has 3 N–H and O–H groups in total. The maximum absolute atomic E-state index is 13.8. The van der Waals surface area contributed by atoms with E-state index in [0.29, 0.717) is 12.2 Å². The molecule has 0 aromatic heterocycles. The van der Waals surface area contributed by atoms with Crippen LogP contribution in [0.5, 0.6) is 0 Å². The summed E-state index contributed by atoms with van der Waals surface area (Å²) in [5.74, 6) is 0.613. The van der Waals surface area contributed by atoms with Gasteiger partial charge in [0.1, 0.15) is 5.82 Å². The van der Waals surface area contributed by atoms with Gasteiger partial charge in [0.2, 0.25) is 0 Å². The van der Waals surface area contributed by atoms with Crippen LogP contribution in [-0.4, -0.2) is 12.1 Å². The Bertz CT molecular complexity index is 407. The highest BCUT2D eigenvalue weighted by Crippen LogP contribution is 2.34. The predicted molar refractivity (Wildman–Crippen MR) is 78.7 cm³/mol. The molecular weight excluding hydrogens is 239 g/mol. The lowest BCUT2D eigenvalue weighted by atomic mass is 9.89. The van der Waals surface area contributed by atoms with Crippen LogP contribution < -0.4 is 11.1 Å². The van der Waals surface area contributed by atoms with Gasteiger partial charge in [-0.2, -0.15) is 0 Å². The van der Waals surface area contributed by atoms with Crippen molar-refractivity contribution < 1.29 is 4.39 Å². The first-order valence-corrected chi connectivity index (χ1v) is 7.42. The molecule has 2 nitrogen and oxygen atoms in total. The molecular formula is C16H25FN2. The van der Waals surface area contributed by atoms with Gasteiger partial charge in [0.15, 0.2) is 0 Å². The van der Waals surface area contributed by atoms with Crippen molar-refractivity contribution in [3.05, 3.63) is 30.1 Å². The van der Waals surface area contributed by atoms with Crippen LogP contribution in [0.1, 0.15) is 45.4 Å². The standard InChI is InChI=1S/C16H25FN2/c1-2-13-6-5-10-16(12-18,11-9-13)19-15-8-4-3-7-14(15)17/h3-4,7-8,13,19H,2,5-6,9-12,18H2,1H3. The molecule has 1 aromatic rings. The van der Waals surface area contributed by atoms with E-state index in [4.69, 9.17) is 5.73 Å². The Hall–Kier alpha value is -1.09. The van der Waals surface area contributed by atoms with Crippen molar-refractivity contribution in [3.63, 3.8) is 0 Å². The van der Waals surface area contributed by atoms with Gasteiger partial charge >= 0.3 is 0 Å². The average molecular weight is 264 g/mol. The molecule has 1 saturated carbocycles. The quantitative estimate of drug-likeness (QED) is 0.809. The lowest BCUT2D eigenvalue weighted by Gasteiger charge is -2.34. The molecule has 3 heteroatoms. The summed E-state index contributed by atoms with van der Waals surface area (Å²) in [6.07, 6.45) is 6.95. The van der Waals surface area contributed by atoms with E-state index in [1.54, 1.807) is 12.1 Å². The Morgan fingerprint density at radius 3 is 2.79 bits per heavy atom. The second-order valence-corrected chi connectivity index (χ2v) is 5.79. The van der Waals surface area contributed by atoms with Crippen molar-refractivity contribution in [2.45, 2.75) is 51.0 Å². The zero-order chi connectivity index (χ0) is 13.7. The third kappa shape index (κ3) is 3.47. The Balaban J connectivity index is 2.12. The molecule has 2 atom stereocenters. The fourth-order valence-corrected chi connectivity index (χ4v) is 3.12. The van der Waals surface area contributed by atoms with Gasteiger partial charge < -0.3 is 11.1 Å². The van der Waals surface area contributed by atoms with Crippen molar-refractivity contribution in [3.8, 4) is 0 Å². The van der Waals surface area contributed by atoms with Crippen molar-refractivity contribution in [1.82, 2.24) is 0 Å². The van der Waals surface area contributed by atoms with Gasteiger partial charge in [-0.3, -0.25) is 0 Å². The summed E-state index contributed by atoms with van der Waals surface area (Å²) in [5.41, 5.74) is 6.46. The number of nitrogens with two attached hydrogens (primary N) is 1. The van der Waals surface area contributed by atoms with Crippen molar-refractivity contribution in [2.24, 2.45) is 11.7 Å². The Kier molecular flexibility index (Phi) is 4.81. The molecule has 0 heterocycles. The molecule has 0 spiro atoms. The minimum Gasteiger partial charge on any atom is -0.376 e. The average Bonchev–Trinajstić information content (AvgIpc) is 2.64.